The Kier molecular flexibility index (Phi) is 3.07. The van der Waals surface area contributed by atoms with E-state index in [0.29, 0.717) is 11.3 Å². The lowest BCUT2D eigenvalue weighted by atomic mass is 9.49. The van der Waals surface area contributed by atoms with Crippen molar-refractivity contribution in [1.29, 1.82) is 0 Å². The molecule has 0 aromatic carbocycles. The molecule has 0 spiro atoms. The minimum Gasteiger partial charge on any atom is -0.340 e. The SMILES string of the molecule is O=C(CC12CC3CC(CC(C3)C1)C2)N1CCC(n2nccn2)C1. The van der Waals surface area contributed by atoms with Gasteiger partial charge in [0.25, 0.3) is 0 Å². The first kappa shape index (κ1) is 14.0. The molecule has 5 nitrogen and oxygen atoms in total. The molecule has 1 aliphatic heterocycles. The lowest BCUT2D eigenvalue weighted by Gasteiger charge is -2.56. The highest BCUT2D eigenvalue weighted by Gasteiger charge is 2.51. The van der Waals surface area contributed by atoms with Gasteiger partial charge in [-0.3, -0.25) is 4.79 Å². The molecule has 5 heteroatoms. The molecular formula is C18H26N4O. The first-order valence-electron chi connectivity index (χ1n) is 9.33. The van der Waals surface area contributed by atoms with Gasteiger partial charge in [0.1, 0.15) is 0 Å². The van der Waals surface area contributed by atoms with Crippen molar-refractivity contribution in [3.8, 4) is 0 Å². The molecule has 1 amide bonds. The smallest absolute Gasteiger partial charge is 0.223 e. The molecule has 0 radical (unpaired) electrons. The minimum atomic E-state index is 0.269. The van der Waals surface area contributed by atoms with Gasteiger partial charge in [0.2, 0.25) is 5.91 Å². The van der Waals surface area contributed by atoms with Crippen LogP contribution >= 0.6 is 0 Å². The Morgan fingerprint density at radius 3 is 2.26 bits per heavy atom. The van der Waals surface area contributed by atoms with Crippen molar-refractivity contribution in [1.82, 2.24) is 19.9 Å². The van der Waals surface area contributed by atoms with Crippen molar-refractivity contribution in [2.75, 3.05) is 13.1 Å². The monoisotopic (exact) mass is 314 g/mol. The number of rotatable bonds is 3. The van der Waals surface area contributed by atoms with Gasteiger partial charge in [0.05, 0.1) is 18.4 Å². The van der Waals surface area contributed by atoms with E-state index in [-0.39, 0.29) is 6.04 Å². The summed E-state index contributed by atoms with van der Waals surface area (Å²) in [4.78, 5) is 16.8. The lowest BCUT2D eigenvalue weighted by Crippen LogP contribution is -2.48. The number of likely N-dealkylation sites (tertiary alicyclic amines) is 1. The number of amides is 1. The zero-order chi connectivity index (χ0) is 15.4. The molecule has 6 rings (SSSR count). The van der Waals surface area contributed by atoms with Crippen molar-refractivity contribution >= 4 is 5.91 Å². The summed E-state index contributed by atoms with van der Waals surface area (Å²) in [6.45, 7) is 1.66. The Labute approximate surface area is 137 Å². The predicted octanol–water partition coefficient (Wildman–Crippen LogP) is 2.66. The second-order valence-corrected chi connectivity index (χ2v) is 8.73. The molecule has 0 N–H and O–H groups in total. The Balaban J connectivity index is 1.26. The van der Waals surface area contributed by atoms with Crippen molar-refractivity contribution in [2.45, 2.75) is 57.4 Å². The highest BCUT2D eigenvalue weighted by Crippen LogP contribution is 2.61. The average Bonchev–Trinajstić information content (AvgIpc) is 3.17. The van der Waals surface area contributed by atoms with Gasteiger partial charge in [-0.1, -0.05) is 0 Å². The lowest BCUT2D eigenvalue weighted by molar-refractivity contribution is -0.138. The Morgan fingerprint density at radius 2 is 1.65 bits per heavy atom. The quantitative estimate of drug-likeness (QED) is 0.862. The molecule has 1 atom stereocenters. The van der Waals surface area contributed by atoms with Crippen LogP contribution in [0, 0.1) is 23.2 Å². The molecule has 124 valence electrons. The maximum atomic E-state index is 12.9. The van der Waals surface area contributed by atoms with Crippen LogP contribution in [0.5, 0.6) is 0 Å². The summed E-state index contributed by atoms with van der Waals surface area (Å²) in [6.07, 6.45) is 13.5. The second-order valence-electron chi connectivity index (χ2n) is 8.73. The Hall–Kier alpha value is -1.39. The standard InChI is InChI=1S/C18H26N4O/c23-17(21-4-1-16(12-21)22-19-2-3-20-22)11-18-8-13-5-14(9-18)7-15(6-13)10-18/h2-3,13-16H,1,4-12H2. The van der Waals surface area contributed by atoms with Crippen LogP contribution in [0.3, 0.4) is 0 Å². The van der Waals surface area contributed by atoms with Crippen LogP contribution in [0.4, 0.5) is 0 Å². The summed E-state index contributed by atoms with van der Waals surface area (Å²) in [5.41, 5.74) is 0.355. The first-order valence-corrected chi connectivity index (χ1v) is 9.33. The van der Waals surface area contributed by atoms with Gasteiger partial charge in [-0.15, -0.1) is 0 Å². The van der Waals surface area contributed by atoms with E-state index in [1.807, 2.05) is 0 Å². The third kappa shape index (κ3) is 2.39. The number of hydrogen-bond acceptors (Lipinski definition) is 3. The third-order valence-corrected chi connectivity index (χ3v) is 6.97. The highest BCUT2D eigenvalue weighted by atomic mass is 16.2. The second kappa shape index (κ2) is 5.05. The Bertz CT molecular complexity index is 561. The molecule has 4 bridgehead atoms. The van der Waals surface area contributed by atoms with E-state index in [2.05, 4.69) is 15.1 Å². The van der Waals surface area contributed by atoms with Crippen molar-refractivity contribution < 1.29 is 4.79 Å². The molecule has 5 fully saturated rings. The van der Waals surface area contributed by atoms with Crippen LogP contribution in [0.2, 0.25) is 0 Å². The van der Waals surface area contributed by atoms with Gasteiger partial charge in [0, 0.05) is 19.5 Å². The van der Waals surface area contributed by atoms with Crippen molar-refractivity contribution in [3.05, 3.63) is 12.4 Å². The zero-order valence-electron chi connectivity index (χ0n) is 13.7. The fraction of sp³-hybridized carbons (Fsp3) is 0.833. The fourth-order valence-corrected chi connectivity index (χ4v) is 6.51. The van der Waals surface area contributed by atoms with E-state index in [1.165, 1.54) is 38.5 Å². The van der Waals surface area contributed by atoms with E-state index in [9.17, 15) is 4.79 Å². The van der Waals surface area contributed by atoms with Crippen LogP contribution in [0.15, 0.2) is 12.4 Å². The highest BCUT2D eigenvalue weighted by molar-refractivity contribution is 5.77. The molecule has 5 aliphatic rings. The van der Waals surface area contributed by atoms with Crippen LogP contribution in [-0.2, 0) is 4.79 Å². The van der Waals surface area contributed by atoms with Gasteiger partial charge in [-0.25, -0.2) is 0 Å². The maximum absolute atomic E-state index is 12.9. The number of carbonyl (C=O) groups excluding carboxylic acids is 1. The van der Waals surface area contributed by atoms with Gasteiger partial charge in [-0.05, 0) is 68.1 Å². The molecule has 1 saturated heterocycles. The molecule has 4 saturated carbocycles. The largest absolute Gasteiger partial charge is 0.340 e. The summed E-state index contributed by atoms with van der Waals surface area (Å²) < 4.78 is 0. The molecule has 4 aliphatic carbocycles. The van der Waals surface area contributed by atoms with Crippen LogP contribution in [0.25, 0.3) is 0 Å². The molecule has 23 heavy (non-hydrogen) atoms. The van der Waals surface area contributed by atoms with Gasteiger partial charge in [0.15, 0.2) is 0 Å². The van der Waals surface area contributed by atoms with Crippen molar-refractivity contribution in [3.63, 3.8) is 0 Å². The summed E-state index contributed by atoms with van der Waals surface area (Å²) in [6, 6.07) is 0.269. The molecular weight excluding hydrogens is 288 g/mol. The van der Waals surface area contributed by atoms with Crippen LogP contribution < -0.4 is 0 Å². The van der Waals surface area contributed by atoms with E-state index in [4.69, 9.17) is 0 Å². The van der Waals surface area contributed by atoms with Crippen LogP contribution in [-0.4, -0.2) is 38.9 Å². The van der Waals surface area contributed by atoms with Gasteiger partial charge >= 0.3 is 0 Å². The molecule has 2 heterocycles. The van der Waals surface area contributed by atoms with Crippen LogP contribution in [0.1, 0.15) is 57.4 Å². The number of aromatic nitrogens is 3. The normalized spacial score (nSPS) is 41.7. The van der Waals surface area contributed by atoms with E-state index < -0.39 is 0 Å². The topological polar surface area (TPSA) is 51.0 Å². The Morgan fingerprint density at radius 1 is 1.04 bits per heavy atom. The first-order chi connectivity index (χ1) is 11.2. The minimum absolute atomic E-state index is 0.269. The van der Waals surface area contributed by atoms with E-state index >= 15 is 0 Å². The summed E-state index contributed by atoms with van der Waals surface area (Å²) in [5.74, 6) is 3.16. The zero-order valence-corrected chi connectivity index (χ0v) is 13.7. The number of nitrogens with zero attached hydrogens (tertiary/aromatic N) is 4. The number of hydrogen-bond donors (Lipinski definition) is 0. The fourth-order valence-electron chi connectivity index (χ4n) is 6.51. The molecule has 1 unspecified atom stereocenters. The third-order valence-electron chi connectivity index (χ3n) is 6.97. The molecule has 1 aromatic rings. The predicted molar refractivity (Wildman–Crippen MR) is 85.5 cm³/mol. The van der Waals surface area contributed by atoms with Crippen molar-refractivity contribution in [2.24, 2.45) is 23.2 Å². The van der Waals surface area contributed by atoms with E-state index in [1.54, 1.807) is 17.2 Å². The van der Waals surface area contributed by atoms with Gasteiger partial charge < -0.3 is 4.90 Å². The maximum Gasteiger partial charge on any atom is 0.223 e. The summed E-state index contributed by atoms with van der Waals surface area (Å²) >= 11 is 0. The average molecular weight is 314 g/mol. The molecule has 1 aromatic heterocycles. The number of carbonyl (C=O) groups is 1. The summed E-state index contributed by atoms with van der Waals surface area (Å²) in [7, 11) is 0. The van der Waals surface area contributed by atoms with Gasteiger partial charge in [-0.2, -0.15) is 15.0 Å². The van der Waals surface area contributed by atoms with E-state index in [0.717, 1.165) is 43.7 Å². The summed E-state index contributed by atoms with van der Waals surface area (Å²) in [5, 5.41) is 8.48.